The number of hydrogen-bond acceptors (Lipinski definition) is 1. The topological polar surface area (TPSA) is 26.0 Å². The van der Waals surface area contributed by atoms with Gasteiger partial charge in [-0.15, -0.1) is 0 Å². The van der Waals surface area contributed by atoms with Gasteiger partial charge in [-0.3, -0.25) is 0 Å². The number of nitrogens with two attached hydrogens (primary N) is 1. The van der Waals surface area contributed by atoms with E-state index in [-0.39, 0.29) is 0 Å². The summed E-state index contributed by atoms with van der Waals surface area (Å²) in [5, 5.41) is 0. The number of aryl methyl sites for hydroxylation is 1. The highest BCUT2D eigenvalue weighted by molar-refractivity contribution is 5.29. The lowest BCUT2D eigenvalue weighted by molar-refractivity contribution is 0.433. The lowest BCUT2D eigenvalue weighted by Crippen LogP contribution is -2.17. The minimum Gasteiger partial charge on any atom is -0.330 e. The molecular weight excluding hydrogens is 158 g/mol. The van der Waals surface area contributed by atoms with E-state index in [9.17, 15) is 0 Å². The highest BCUT2D eigenvalue weighted by Crippen LogP contribution is 2.26. The van der Waals surface area contributed by atoms with Crippen molar-refractivity contribution in [2.24, 2.45) is 11.7 Å². The Hall–Kier alpha value is -0.820. The van der Waals surface area contributed by atoms with Gasteiger partial charge >= 0.3 is 0 Å². The van der Waals surface area contributed by atoms with Gasteiger partial charge < -0.3 is 5.73 Å². The Bertz CT molecular complexity index is 280. The largest absolute Gasteiger partial charge is 0.330 e. The maximum atomic E-state index is 5.58. The van der Waals surface area contributed by atoms with Crippen LogP contribution < -0.4 is 5.73 Å². The van der Waals surface area contributed by atoms with E-state index in [1.54, 1.807) is 11.1 Å². The van der Waals surface area contributed by atoms with E-state index in [2.05, 4.69) is 24.3 Å². The summed E-state index contributed by atoms with van der Waals surface area (Å²) in [7, 11) is 0. The zero-order valence-electron chi connectivity index (χ0n) is 8.00. The van der Waals surface area contributed by atoms with Crippen LogP contribution in [-0.4, -0.2) is 6.54 Å². The van der Waals surface area contributed by atoms with E-state index < -0.39 is 0 Å². The molecule has 2 rings (SSSR count). The summed E-state index contributed by atoms with van der Waals surface area (Å²) in [6.45, 7) is 0.840. The van der Waals surface area contributed by atoms with E-state index in [0.29, 0.717) is 0 Å². The van der Waals surface area contributed by atoms with Crippen LogP contribution in [-0.2, 0) is 12.8 Å². The lowest BCUT2D eigenvalue weighted by Gasteiger charge is -2.23. The standard InChI is InChI=1S/C12H17N/c13-8-7-10-5-6-11-3-1-2-4-12(11)9-10/h1-4,10H,5-9,13H2. The van der Waals surface area contributed by atoms with E-state index >= 15 is 0 Å². The Morgan fingerprint density at radius 3 is 2.77 bits per heavy atom. The number of fused-ring (bicyclic) bond motifs is 1. The molecule has 0 radical (unpaired) electrons. The zero-order chi connectivity index (χ0) is 9.10. The molecule has 0 aliphatic heterocycles. The van der Waals surface area contributed by atoms with E-state index in [1.807, 2.05) is 0 Å². The predicted octanol–water partition coefficient (Wildman–Crippen LogP) is 2.14. The Morgan fingerprint density at radius 2 is 2.00 bits per heavy atom. The van der Waals surface area contributed by atoms with Gasteiger partial charge in [-0.2, -0.15) is 0 Å². The third-order valence-electron chi connectivity index (χ3n) is 3.02. The molecule has 0 bridgehead atoms. The molecular formula is C12H17N. The van der Waals surface area contributed by atoms with Crippen LogP contribution in [0.15, 0.2) is 24.3 Å². The van der Waals surface area contributed by atoms with Gasteiger partial charge in [0.05, 0.1) is 0 Å². The molecule has 13 heavy (non-hydrogen) atoms. The summed E-state index contributed by atoms with van der Waals surface area (Å²) in [5.74, 6) is 0.833. The van der Waals surface area contributed by atoms with E-state index in [4.69, 9.17) is 5.73 Å². The average Bonchev–Trinajstić information content (AvgIpc) is 2.18. The molecule has 1 nitrogen and oxygen atoms in total. The van der Waals surface area contributed by atoms with Crippen molar-refractivity contribution in [1.82, 2.24) is 0 Å². The van der Waals surface area contributed by atoms with Crippen LogP contribution in [0.3, 0.4) is 0 Å². The van der Waals surface area contributed by atoms with Crippen molar-refractivity contribution >= 4 is 0 Å². The molecule has 0 fully saturated rings. The van der Waals surface area contributed by atoms with Gasteiger partial charge in [-0.25, -0.2) is 0 Å². The smallest absolute Gasteiger partial charge is 0.00745 e. The maximum Gasteiger partial charge on any atom is -0.00745 e. The van der Waals surface area contributed by atoms with Crippen LogP contribution in [0.1, 0.15) is 24.0 Å². The molecule has 0 heterocycles. The predicted molar refractivity (Wildman–Crippen MR) is 55.6 cm³/mol. The molecule has 0 saturated heterocycles. The fraction of sp³-hybridized carbons (Fsp3) is 0.500. The SMILES string of the molecule is NCCC1CCc2ccccc2C1. The van der Waals surface area contributed by atoms with Crippen molar-refractivity contribution in [3.05, 3.63) is 35.4 Å². The number of rotatable bonds is 2. The van der Waals surface area contributed by atoms with Gasteiger partial charge in [0, 0.05) is 0 Å². The summed E-state index contributed by atoms with van der Waals surface area (Å²) >= 11 is 0. The maximum absolute atomic E-state index is 5.58. The third kappa shape index (κ3) is 1.92. The summed E-state index contributed by atoms with van der Waals surface area (Å²) in [6.07, 6.45) is 5.01. The van der Waals surface area contributed by atoms with Crippen molar-refractivity contribution in [2.45, 2.75) is 25.7 Å². The quantitative estimate of drug-likeness (QED) is 0.732. The van der Waals surface area contributed by atoms with Crippen LogP contribution in [0.5, 0.6) is 0 Å². The second kappa shape index (κ2) is 3.93. The molecule has 1 heteroatoms. The van der Waals surface area contributed by atoms with Crippen LogP contribution in [0.2, 0.25) is 0 Å². The van der Waals surface area contributed by atoms with E-state index in [0.717, 1.165) is 12.5 Å². The van der Waals surface area contributed by atoms with Crippen molar-refractivity contribution in [3.63, 3.8) is 0 Å². The summed E-state index contributed by atoms with van der Waals surface area (Å²) in [5.41, 5.74) is 8.68. The average molecular weight is 175 g/mol. The van der Waals surface area contributed by atoms with Crippen LogP contribution in [0.4, 0.5) is 0 Å². The molecule has 1 unspecified atom stereocenters. The van der Waals surface area contributed by atoms with Gasteiger partial charge in [-0.05, 0) is 49.3 Å². The van der Waals surface area contributed by atoms with Crippen LogP contribution >= 0.6 is 0 Å². The fourth-order valence-electron chi connectivity index (χ4n) is 2.26. The zero-order valence-corrected chi connectivity index (χ0v) is 8.00. The Labute approximate surface area is 80.0 Å². The first-order valence-corrected chi connectivity index (χ1v) is 5.17. The Balaban J connectivity index is 2.11. The monoisotopic (exact) mass is 175 g/mol. The first-order chi connectivity index (χ1) is 6.40. The van der Waals surface area contributed by atoms with Crippen LogP contribution in [0.25, 0.3) is 0 Å². The fourth-order valence-corrected chi connectivity index (χ4v) is 2.26. The molecule has 70 valence electrons. The molecule has 0 amide bonds. The number of benzene rings is 1. The van der Waals surface area contributed by atoms with Crippen molar-refractivity contribution in [2.75, 3.05) is 6.54 Å². The number of hydrogen-bond donors (Lipinski definition) is 1. The summed E-state index contributed by atoms with van der Waals surface area (Å²) < 4.78 is 0. The summed E-state index contributed by atoms with van der Waals surface area (Å²) in [6, 6.07) is 8.80. The summed E-state index contributed by atoms with van der Waals surface area (Å²) in [4.78, 5) is 0. The Morgan fingerprint density at radius 1 is 1.23 bits per heavy atom. The first-order valence-electron chi connectivity index (χ1n) is 5.17. The van der Waals surface area contributed by atoms with Gasteiger partial charge in [-0.1, -0.05) is 24.3 Å². The molecule has 0 spiro atoms. The normalized spacial score (nSPS) is 21.2. The second-order valence-corrected chi connectivity index (χ2v) is 3.95. The van der Waals surface area contributed by atoms with Gasteiger partial charge in [0.2, 0.25) is 0 Å². The minimum atomic E-state index is 0.833. The minimum absolute atomic E-state index is 0.833. The molecule has 1 aliphatic carbocycles. The first kappa shape index (κ1) is 8.76. The van der Waals surface area contributed by atoms with Gasteiger partial charge in [0.25, 0.3) is 0 Å². The molecule has 1 aromatic rings. The Kier molecular flexibility index (Phi) is 2.65. The van der Waals surface area contributed by atoms with Gasteiger partial charge in [0.1, 0.15) is 0 Å². The van der Waals surface area contributed by atoms with Crippen molar-refractivity contribution in [1.29, 1.82) is 0 Å². The molecule has 2 N–H and O–H groups in total. The van der Waals surface area contributed by atoms with E-state index in [1.165, 1.54) is 25.7 Å². The highest BCUT2D eigenvalue weighted by Gasteiger charge is 2.16. The van der Waals surface area contributed by atoms with Crippen LogP contribution in [0, 0.1) is 5.92 Å². The lowest BCUT2D eigenvalue weighted by atomic mass is 9.82. The molecule has 0 aromatic heterocycles. The van der Waals surface area contributed by atoms with Gasteiger partial charge in [0.15, 0.2) is 0 Å². The molecule has 1 atom stereocenters. The molecule has 0 saturated carbocycles. The molecule has 1 aromatic carbocycles. The third-order valence-corrected chi connectivity index (χ3v) is 3.02. The van der Waals surface area contributed by atoms with Crippen molar-refractivity contribution in [3.8, 4) is 0 Å². The second-order valence-electron chi connectivity index (χ2n) is 3.95. The van der Waals surface area contributed by atoms with Crippen molar-refractivity contribution < 1.29 is 0 Å². The highest BCUT2D eigenvalue weighted by atomic mass is 14.5. The molecule has 1 aliphatic rings.